The van der Waals surface area contributed by atoms with Crippen LogP contribution in [0.3, 0.4) is 0 Å². The second kappa shape index (κ2) is 8.78. The molecule has 10 heteroatoms. The first-order valence-corrected chi connectivity index (χ1v) is 13.6. The van der Waals surface area contributed by atoms with Gasteiger partial charge in [-0.2, -0.15) is 5.10 Å². The van der Waals surface area contributed by atoms with E-state index >= 15 is 0 Å². The number of carboxylic acids is 1. The highest BCUT2D eigenvalue weighted by atomic mass is 35.5. The molecule has 5 aromatic rings. The molecule has 186 valence electrons. The van der Waals surface area contributed by atoms with Crippen LogP contribution in [0.1, 0.15) is 25.7 Å². The lowest BCUT2D eigenvalue weighted by molar-refractivity contribution is -0.148. The van der Waals surface area contributed by atoms with Gasteiger partial charge in [0.2, 0.25) is 0 Å². The number of carboxylic acid groups (broad SMARTS) is 1. The van der Waals surface area contributed by atoms with Gasteiger partial charge in [0.1, 0.15) is 16.7 Å². The number of hydrogen-bond donors (Lipinski definition) is 3. The molecular formula is C27H23ClN6O2S. The van der Waals surface area contributed by atoms with Crippen molar-refractivity contribution < 1.29 is 9.90 Å². The van der Waals surface area contributed by atoms with Gasteiger partial charge in [-0.3, -0.25) is 9.89 Å². The van der Waals surface area contributed by atoms with E-state index in [0.29, 0.717) is 34.1 Å². The molecule has 8 nitrogen and oxygen atoms in total. The van der Waals surface area contributed by atoms with Crippen molar-refractivity contribution in [3.05, 3.63) is 53.7 Å². The molecule has 0 saturated heterocycles. The maximum absolute atomic E-state index is 12.3. The number of carbonyl (C=O) groups is 1. The van der Waals surface area contributed by atoms with Crippen molar-refractivity contribution in [1.82, 2.24) is 25.1 Å². The van der Waals surface area contributed by atoms with Gasteiger partial charge in [-0.1, -0.05) is 29.8 Å². The molecule has 3 aliphatic rings. The number of H-pyrrole nitrogens is 1. The number of benzene rings is 1. The number of aromatic nitrogens is 5. The maximum atomic E-state index is 12.3. The number of nitrogens with zero attached hydrogens (tertiary/aromatic N) is 4. The SMILES string of the molecule is O=C(O)[C@H]1C2CCC(CC2)[C@@H]1Nc1cc(-c2cc3ccccc3s2)nc(-c2n[nH]c3nc(Cl)ccc23)n1. The van der Waals surface area contributed by atoms with Gasteiger partial charge in [0.15, 0.2) is 11.5 Å². The molecule has 8 rings (SSSR count). The fourth-order valence-corrected chi connectivity index (χ4v) is 7.27. The Kier molecular flexibility index (Phi) is 5.37. The Labute approximate surface area is 221 Å². The van der Waals surface area contributed by atoms with Gasteiger partial charge >= 0.3 is 5.97 Å². The highest BCUT2D eigenvalue weighted by Gasteiger charge is 2.47. The molecule has 0 spiro atoms. The lowest BCUT2D eigenvalue weighted by Crippen LogP contribution is -2.51. The van der Waals surface area contributed by atoms with Gasteiger partial charge in [0, 0.05) is 16.8 Å². The average molecular weight is 531 g/mol. The first-order valence-electron chi connectivity index (χ1n) is 12.4. The van der Waals surface area contributed by atoms with Crippen LogP contribution in [0.15, 0.2) is 48.5 Å². The van der Waals surface area contributed by atoms with Crippen molar-refractivity contribution in [3.8, 4) is 22.1 Å². The van der Waals surface area contributed by atoms with Gasteiger partial charge in [-0.15, -0.1) is 11.3 Å². The van der Waals surface area contributed by atoms with Crippen LogP contribution >= 0.6 is 22.9 Å². The summed E-state index contributed by atoms with van der Waals surface area (Å²) in [6.07, 6.45) is 4.06. The third-order valence-corrected chi connectivity index (χ3v) is 9.17. The molecule has 3 N–H and O–H groups in total. The Morgan fingerprint density at radius 3 is 2.65 bits per heavy atom. The van der Waals surface area contributed by atoms with Crippen LogP contribution in [0.2, 0.25) is 5.15 Å². The average Bonchev–Trinajstić information content (AvgIpc) is 3.53. The predicted molar refractivity (Wildman–Crippen MR) is 145 cm³/mol. The van der Waals surface area contributed by atoms with Gasteiger partial charge in [-0.05, 0) is 67.2 Å². The summed E-state index contributed by atoms with van der Waals surface area (Å²) >= 11 is 7.74. The van der Waals surface area contributed by atoms with Crippen LogP contribution in [0.25, 0.3) is 43.2 Å². The predicted octanol–water partition coefficient (Wildman–Crippen LogP) is 6.25. The molecule has 2 atom stereocenters. The van der Waals surface area contributed by atoms with E-state index in [0.717, 1.165) is 47.0 Å². The van der Waals surface area contributed by atoms with E-state index in [-0.39, 0.29) is 12.0 Å². The monoisotopic (exact) mass is 530 g/mol. The molecule has 1 aromatic carbocycles. The third kappa shape index (κ3) is 3.93. The Morgan fingerprint density at radius 1 is 1.03 bits per heavy atom. The Hall–Kier alpha value is -3.56. The molecule has 37 heavy (non-hydrogen) atoms. The summed E-state index contributed by atoms with van der Waals surface area (Å²) < 4.78 is 1.17. The van der Waals surface area contributed by atoms with Gasteiger partial charge < -0.3 is 10.4 Å². The molecule has 3 aliphatic carbocycles. The number of halogens is 1. The van der Waals surface area contributed by atoms with Crippen molar-refractivity contribution in [2.45, 2.75) is 31.7 Å². The molecule has 2 bridgehead atoms. The van der Waals surface area contributed by atoms with Crippen molar-refractivity contribution >= 4 is 55.8 Å². The van der Waals surface area contributed by atoms with Crippen molar-refractivity contribution in [2.24, 2.45) is 17.8 Å². The minimum absolute atomic E-state index is 0.167. The summed E-state index contributed by atoms with van der Waals surface area (Å²) in [5.74, 6) is 0.424. The second-order valence-electron chi connectivity index (χ2n) is 9.92. The lowest BCUT2D eigenvalue weighted by Gasteiger charge is -2.47. The third-order valence-electron chi connectivity index (χ3n) is 7.82. The van der Waals surface area contributed by atoms with E-state index < -0.39 is 11.9 Å². The quantitative estimate of drug-likeness (QED) is 0.230. The summed E-state index contributed by atoms with van der Waals surface area (Å²) in [4.78, 5) is 27.3. The zero-order chi connectivity index (χ0) is 25.1. The van der Waals surface area contributed by atoms with Gasteiger partial charge in [0.05, 0.1) is 21.9 Å². The normalized spacial score (nSPS) is 23.1. The minimum atomic E-state index is -0.729. The van der Waals surface area contributed by atoms with Crippen molar-refractivity contribution in [1.29, 1.82) is 0 Å². The molecule has 0 radical (unpaired) electrons. The molecule has 4 heterocycles. The molecule has 0 unspecified atom stereocenters. The van der Waals surface area contributed by atoms with Crippen LogP contribution in [0.4, 0.5) is 5.82 Å². The zero-order valence-corrected chi connectivity index (χ0v) is 21.3. The van der Waals surface area contributed by atoms with Crippen LogP contribution < -0.4 is 5.32 Å². The number of aromatic amines is 1. The van der Waals surface area contributed by atoms with E-state index in [1.165, 1.54) is 4.70 Å². The first kappa shape index (κ1) is 22.6. The summed E-state index contributed by atoms with van der Waals surface area (Å²) in [5.41, 5.74) is 1.90. The highest BCUT2D eigenvalue weighted by molar-refractivity contribution is 7.22. The smallest absolute Gasteiger partial charge is 0.308 e. The molecular weight excluding hydrogens is 508 g/mol. The van der Waals surface area contributed by atoms with Crippen LogP contribution in [-0.4, -0.2) is 42.3 Å². The van der Waals surface area contributed by atoms with E-state index in [1.807, 2.05) is 24.3 Å². The van der Waals surface area contributed by atoms with Crippen LogP contribution in [-0.2, 0) is 4.79 Å². The van der Waals surface area contributed by atoms with E-state index in [2.05, 4.69) is 38.7 Å². The number of pyridine rings is 1. The molecule has 3 saturated carbocycles. The summed E-state index contributed by atoms with van der Waals surface area (Å²) in [6, 6.07) is 15.7. The van der Waals surface area contributed by atoms with Crippen LogP contribution in [0.5, 0.6) is 0 Å². The van der Waals surface area contributed by atoms with Crippen molar-refractivity contribution in [2.75, 3.05) is 5.32 Å². The first-order chi connectivity index (χ1) is 18.0. The molecule has 0 amide bonds. The lowest BCUT2D eigenvalue weighted by atomic mass is 9.61. The number of hydrogen-bond acceptors (Lipinski definition) is 7. The van der Waals surface area contributed by atoms with Gasteiger partial charge in [-0.25, -0.2) is 15.0 Å². The summed E-state index contributed by atoms with van der Waals surface area (Å²) in [7, 11) is 0. The standard InChI is InChI=1S/C27H23ClN6O2S/c28-20-10-9-16-24(33-34-25(16)30-20)26-29-17(19-11-15-3-1-2-4-18(15)37-19)12-21(32-26)31-23-14-7-5-13(6-8-14)22(23)27(35)36/h1-4,9-14,22-23H,5-8H2,(H,35,36)(H,29,31,32)(H,30,33,34)/t13?,14?,22-,23-/m0/s1. The zero-order valence-electron chi connectivity index (χ0n) is 19.7. The second-order valence-corrected chi connectivity index (χ2v) is 11.4. The Balaban J connectivity index is 1.36. The van der Waals surface area contributed by atoms with Gasteiger partial charge in [0.25, 0.3) is 0 Å². The molecule has 4 aromatic heterocycles. The number of rotatable bonds is 5. The largest absolute Gasteiger partial charge is 0.481 e. The molecule has 0 aliphatic heterocycles. The highest BCUT2D eigenvalue weighted by Crippen LogP contribution is 2.46. The number of aliphatic carboxylic acids is 1. The fraction of sp³-hybridized carbons (Fsp3) is 0.296. The van der Waals surface area contributed by atoms with E-state index in [1.54, 1.807) is 17.4 Å². The number of nitrogens with one attached hydrogen (secondary N) is 2. The number of anilines is 1. The summed E-state index contributed by atoms with van der Waals surface area (Å²) in [5, 5.41) is 23.3. The Bertz CT molecular complexity index is 1620. The Morgan fingerprint density at radius 2 is 1.84 bits per heavy atom. The topological polar surface area (TPSA) is 117 Å². The van der Waals surface area contributed by atoms with E-state index in [9.17, 15) is 9.90 Å². The van der Waals surface area contributed by atoms with E-state index in [4.69, 9.17) is 21.6 Å². The van der Waals surface area contributed by atoms with Crippen molar-refractivity contribution in [3.63, 3.8) is 0 Å². The minimum Gasteiger partial charge on any atom is -0.481 e. The summed E-state index contributed by atoms with van der Waals surface area (Å²) in [6.45, 7) is 0. The number of fused-ring (bicyclic) bond motifs is 5. The fourth-order valence-electron chi connectivity index (χ4n) is 6.10. The maximum Gasteiger partial charge on any atom is 0.308 e. The number of thiophene rings is 1. The molecule has 3 fully saturated rings. The van der Waals surface area contributed by atoms with Crippen LogP contribution in [0, 0.1) is 17.8 Å².